The minimum Gasteiger partial charge on any atom is -0.256 e. The second kappa shape index (κ2) is 3.15. The van der Waals surface area contributed by atoms with E-state index in [1.807, 2.05) is 18.2 Å². The highest BCUT2D eigenvalue weighted by molar-refractivity contribution is 9.10. The lowest BCUT2D eigenvalue weighted by Crippen LogP contribution is -1.83. The summed E-state index contributed by atoms with van der Waals surface area (Å²) in [5.74, 6) is 0. The molecule has 0 aliphatic rings. The zero-order valence-corrected chi connectivity index (χ0v) is 8.25. The first kappa shape index (κ1) is 8.21. The fraction of sp³-hybridized carbons (Fsp3) is 0. The number of rotatable bonds is 0. The van der Waals surface area contributed by atoms with Crippen LogP contribution in [0.5, 0.6) is 0 Å². The van der Waals surface area contributed by atoms with Gasteiger partial charge in [-0.3, -0.25) is 4.98 Å². The molecule has 0 unspecified atom stereocenters. The molecule has 2 aromatic rings. The van der Waals surface area contributed by atoms with Crippen molar-refractivity contribution in [3.63, 3.8) is 0 Å². The quantitative estimate of drug-likeness (QED) is 0.701. The molecule has 0 radical (unpaired) electrons. The first-order valence-electron chi connectivity index (χ1n) is 3.76. The Bertz CT molecular complexity index is 494. The first-order chi connectivity index (χ1) is 6.33. The molecule has 0 N–H and O–H groups in total. The summed E-state index contributed by atoms with van der Waals surface area (Å²) in [7, 11) is 0. The third-order valence-corrected chi connectivity index (χ3v) is 2.50. The lowest BCUT2D eigenvalue weighted by atomic mass is 10.1. The number of fused-ring (bicyclic) bond motifs is 1. The summed E-state index contributed by atoms with van der Waals surface area (Å²) in [5.41, 5.74) is 1.49. The lowest BCUT2D eigenvalue weighted by molar-refractivity contribution is 1.39. The van der Waals surface area contributed by atoms with Crippen LogP contribution in [-0.4, -0.2) is 4.98 Å². The zero-order chi connectivity index (χ0) is 9.26. The van der Waals surface area contributed by atoms with Crippen LogP contribution in [0.25, 0.3) is 10.9 Å². The van der Waals surface area contributed by atoms with Crippen LogP contribution in [-0.2, 0) is 0 Å². The van der Waals surface area contributed by atoms with Crippen LogP contribution in [0.4, 0.5) is 0 Å². The molecule has 0 atom stereocenters. The molecular formula is C10H5BrN2. The van der Waals surface area contributed by atoms with E-state index in [2.05, 4.69) is 27.0 Å². The number of halogens is 1. The molecule has 0 saturated carbocycles. The number of nitriles is 1. The van der Waals surface area contributed by atoms with Crippen LogP contribution in [0.15, 0.2) is 34.9 Å². The van der Waals surface area contributed by atoms with Gasteiger partial charge in [0.05, 0.1) is 17.1 Å². The minimum absolute atomic E-state index is 0.650. The van der Waals surface area contributed by atoms with Gasteiger partial charge in [0, 0.05) is 16.1 Å². The molecule has 0 aliphatic carbocycles. The predicted molar refractivity (Wildman–Crippen MR) is 54.2 cm³/mol. The summed E-state index contributed by atoms with van der Waals surface area (Å²) in [6, 6.07) is 9.49. The molecule has 0 aliphatic heterocycles. The highest BCUT2D eigenvalue weighted by Gasteiger charge is 2.03. The van der Waals surface area contributed by atoms with Crippen molar-refractivity contribution in [2.75, 3.05) is 0 Å². The van der Waals surface area contributed by atoms with Gasteiger partial charge >= 0.3 is 0 Å². The summed E-state index contributed by atoms with van der Waals surface area (Å²) in [6.45, 7) is 0. The average Bonchev–Trinajstić information content (AvgIpc) is 2.17. The normalized spacial score (nSPS) is 9.85. The van der Waals surface area contributed by atoms with Gasteiger partial charge in [0.2, 0.25) is 0 Å². The Morgan fingerprint density at radius 1 is 1.31 bits per heavy atom. The summed E-state index contributed by atoms with van der Waals surface area (Å²) in [4.78, 5) is 4.17. The number of aromatic nitrogens is 1. The van der Waals surface area contributed by atoms with Gasteiger partial charge in [-0.15, -0.1) is 0 Å². The van der Waals surface area contributed by atoms with E-state index in [0.29, 0.717) is 5.56 Å². The Balaban J connectivity index is 2.97. The molecule has 2 nitrogen and oxygen atoms in total. The molecule has 0 amide bonds. The second-order valence-electron chi connectivity index (χ2n) is 2.60. The molecule has 0 spiro atoms. The molecule has 1 aromatic carbocycles. The van der Waals surface area contributed by atoms with E-state index in [-0.39, 0.29) is 0 Å². The van der Waals surface area contributed by atoms with E-state index in [1.54, 1.807) is 12.3 Å². The van der Waals surface area contributed by atoms with Crippen LogP contribution in [0.3, 0.4) is 0 Å². The monoisotopic (exact) mass is 232 g/mol. The third kappa shape index (κ3) is 1.30. The van der Waals surface area contributed by atoms with Crippen LogP contribution >= 0.6 is 15.9 Å². The SMILES string of the molecule is N#Cc1cccc2nccc(Br)c12. The topological polar surface area (TPSA) is 36.7 Å². The van der Waals surface area contributed by atoms with E-state index in [1.165, 1.54) is 0 Å². The average molecular weight is 233 g/mol. The number of nitrogens with zero attached hydrogens (tertiary/aromatic N) is 2. The molecule has 0 bridgehead atoms. The van der Waals surface area contributed by atoms with Crippen LogP contribution < -0.4 is 0 Å². The van der Waals surface area contributed by atoms with Crippen molar-refractivity contribution in [3.8, 4) is 6.07 Å². The Hall–Kier alpha value is -1.40. The van der Waals surface area contributed by atoms with Crippen LogP contribution in [0.2, 0.25) is 0 Å². The molecule has 62 valence electrons. The van der Waals surface area contributed by atoms with Crippen molar-refractivity contribution in [2.24, 2.45) is 0 Å². The van der Waals surface area contributed by atoms with Gasteiger partial charge in [-0.2, -0.15) is 5.26 Å². The fourth-order valence-corrected chi connectivity index (χ4v) is 1.79. The highest BCUT2D eigenvalue weighted by atomic mass is 79.9. The standard InChI is InChI=1S/C10H5BrN2/c11-8-4-5-13-9-3-1-2-7(6-12)10(8)9/h1-5H. The van der Waals surface area contributed by atoms with Crippen molar-refractivity contribution < 1.29 is 0 Å². The Morgan fingerprint density at radius 2 is 2.15 bits per heavy atom. The van der Waals surface area contributed by atoms with Gasteiger partial charge in [-0.25, -0.2) is 0 Å². The molecule has 3 heteroatoms. The maximum Gasteiger partial charge on any atom is 0.0999 e. The second-order valence-corrected chi connectivity index (χ2v) is 3.46. The molecule has 13 heavy (non-hydrogen) atoms. The summed E-state index contributed by atoms with van der Waals surface area (Å²) in [5, 5.41) is 9.74. The molecule has 1 aromatic heterocycles. The Morgan fingerprint density at radius 3 is 2.92 bits per heavy atom. The number of hydrogen-bond donors (Lipinski definition) is 0. The van der Waals surface area contributed by atoms with E-state index in [9.17, 15) is 0 Å². The maximum atomic E-state index is 8.86. The molecule has 0 saturated heterocycles. The summed E-state index contributed by atoms with van der Waals surface area (Å²) >= 11 is 3.40. The smallest absolute Gasteiger partial charge is 0.0999 e. The van der Waals surface area contributed by atoms with E-state index in [4.69, 9.17) is 5.26 Å². The van der Waals surface area contributed by atoms with Gasteiger partial charge in [-0.1, -0.05) is 6.07 Å². The fourth-order valence-electron chi connectivity index (χ4n) is 1.26. The van der Waals surface area contributed by atoms with E-state index in [0.717, 1.165) is 15.4 Å². The van der Waals surface area contributed by atoms with Gasteiger partial charge in [-0.05, 0) is 34.1 Å². The maximum absolute atomic E-state index is 8.86. The van der Waals surface area contributed by atoms with Crippen molar-refractivity contribution in [1.82, 2.24) is 4.98 Å². The number of hydrogen-bond acceptors (Lipinski definition) is 2. The van der Waals surface area contributed by atoms with Crippen molar-refractivity contribution in [3.05, 3.63) is 40.5 Å². The first-order valence-corrected chi connectivity index (χ1v) is 4.55. The van der Waals surface area contributed by atoms with Gasteiger partial charge in [0.25, 0.3) is 0 Å². The molecule has 2 rings (SSSR count). The Kier molecular flexibility index (Phi) is 1.99. The summed E-state index contributed by atoms with van der Waals surface area (Å²) < 4.78 is 0.912. The van der Waals surface area contributed by atoms with E-state index < -0.39 is 0 Å². The zero-order valence-electron chi connectivity index (χ0n) is 6.66. The number of benzene rings is 1. The van der Waals surface area contributed by atoms with Crippen molar-refractivity contribution >= 4 is 26.8 Å². The van der Waals surface area contributed by atoms with Crippen LogP contribution in [0.1, 0.15) is 5.56 Å². The van der Waals surface area contributed by atoms with Gasteiger partial charge in [0.1, 0.15) is 0 Å². The highest BCUT2D eigenvalue weighted by Crippen LogP contribution is 2.24. The lowest BCUT2D eigenvalue weighted by Gasteiger charge is -2.00. The number of pyridine rings is 1. The van der Waals surface area contributed by atoms with Crippen molar-refractivity contribution in [2.45, 2.75) is 0 Å². The Labute approximate surface area is 84.0 Å². The minimum atomic E-state index is 0.650. The predicted octanol–water partition coefficient (Wildman–Crippen LogP) is 2.87. The molecular weight excluding hydrogens is 228 g/mol. The largest absolute Gasteiger partial charge is 0.256 e. The molecule has 1 heterocycles. The molecule has 0 fully saturated rings. The van der Waals surface area contributed by atoms with Gasteiger partial charge < -0.3 is 0 Å². The third-order valence-electron chi connectivity index (χ3n) is 1.84. The summed E-state index contributed by atoms with van der Waals surface area (Å²) in [6.07, 6.45) is 1.72. The van der Waals surface area contributed by atoms with Gasteiger partial charge in [0.15, 0.2) is 0 Å². The van der Waals surface area contributed by atoms with Crippen LogP contribution in [0, 0.1) is 11.3 Å². The van der Waals surface area contributed by atoms with Crippen molar-refractivity contribution in [1.29, 1.82) is 5.26 Å². The van der Waals surface area contributed by atoms with E-state index >= 15 is 0 Å².